The molecular formula is C46H47FN2O8. The van der Waals surface area contributed by atoms with Gasteiger partial charge >= 0.3 is 5.97 Å². The van der Waals surface area contributed by atoms with Crippen LogP contribution in [-0.2, 0) is 56.5 Å². The van der Waals surface area contributed by atoms with Gasteiger partial charge in [0.15, 0.2) is 6.10 Å². The van der Waals surface area contributed by atoms with E-state index in [2.05, 4.69) is 10.2 Å². The second-order valence-corrected chi connectivity index (χ2v) is 13.9. The van der Waals surface area contributed by atoms with Crippen molar-refractivity contribution in [1.29, 1.82) is 0 Å². The molecule has 5 atom stereocenters. The van der Waals surface area contributed by atoms with Crippen molar-refractivity contribution in [3.8, 4) is 11.6 Å². The first kappa shape index (κ1) is 39.8. The fraction of sp³-hybridized carbons (Fsp3) is 0.283. The summed E-state index contributed by atoms with van der Waals surface area (Å²) in [6.45, 7) is 2.54. The molecule has 2 heterocycles. The number of nitrogens with one attached hydrogen (secondary N) is 1. The molecule has 1 aliphatic heterocycles. The highest BCUT2D eigenvalue weighted by atomic mass is 19.1. The van der Waals surface area contributed by atoms with E-state index in [-0.39, 0.29) is 45.3 Å². The summed E-state index contributed by atoms with van der Waals surface area (Å²) in [4.78, 5) is 0. The van der Waals surface area contributed by atoms with E-state index < -0.39 is 36.2 Å². The first-order valence-electron chi connectivity index (χ1n) is 18.9. The van der Waals surface area contributed by atoms with Crippen LogP contribution in [0.25, 0.3) is 0 Å². The summed E-state index contributed by atoms with van der Waals surface area (Å²) in [5, 5.41) is 20.2. The summed E-state index contributed by atoms with van der Waals surface area (Å²) in [5.74, 6) is -2.56. The number of benzene rings is 5. The van der Waals surface area contributed by atoms with Crippen molar-refractivity contribution < 1.29 is 42.7 Å². The molecule has 1 fully saturated rings. The van der Waals surface area contributed by atoms with Gasteiger partial charge in [-0.1, -0.05) is 127 Å². The molecule has 10 nitrogen and oxygen atoms in total. The van der Waals surface area contributed by atoms with E-state index in [1.165, 1.54) is 13.2 Å². The number of aliphatic hydroxyl groups is 1. The first-order valence-corrected chi connectivity index (χ1v) is 18.9. The van der Waals surface area contributed by atoms with Crippen LogP contribution in [0.3, 0.4) is 0 Å². The number of nitrogens with zero attached hydrogens (tertiary/aromatic N) is 1. The molecule has 0 bridgehead atoms. The van der Waals surface area contributed by atoms with Gasteiger partial charge in [-0.2, -0.15) is 0 Å². The predicted octanol–water partition coefficient (Wildman–Crippen LogP) is 7.85. The van der Waals surface area contributed by atoms with Gasteiger partial charge in [0.25, 0.3) is 0 Å². The maximum atomic E-state index is 15.3. The van der Waals surface area contributed by atoms with Gasteiger partial charge in [0.1, 0.15) is 29.9 Å². The van der Waals surface area contributed by atoms with E-state index in [1.54, 1.807) is 19.1 Å². The Bertz CT molecular complexity index is 2120. The lowest BCUT2D eigenvalue weighted by Gasteiger charge is -2.49. The molecule has 1 aliphatic rings. The lowest BCUT2D eigenvalue weighted by atomic mass is 9.96. The Labute approximate surface area is 332 Å². The molecule has 1 aromatic heterocycles. The number of halogens is 1. The van der Waals surface area contributed by atoms with Crippen LogP contribution in [-0.4, -0.2) is 59.4 Å². The standard InChI is InChI=1S/C46H47FN2O8/c1-32-39(25-37-23-24-38(51-2)26-40(37)47)45(49-48-32)57-46(50)44(55-30-36-21-13-6-14-22-36)43(54-29-35-19-11-5-12-20-35)42(53-28-34-17-9-4-10-18-34)41(56-46)31-52-27-33-15-7-3-8-16-33/h3-24,26,41-44,50H,25,27-31H2,1-2H3,(H,48,49)/t41-,42-,43+,44-,46-/m1/s1. The van der Waals surface area contributed by atoms with Crippen molar-refractivity contribution in [2.45, 2.75) is 70.2 Å². The monoisotopic (exact) mass is 774 g/mol. The fourth-order valence-electron chi connectivity index (χ4n) is 6.75. The highest BCUT2D eigenvalue weighted by Gasteiger charge is 2.59. The smallest absolute Gasteiger partial charge is 0.356 e. The Hall–Kier alpha value is -5.40. The van der Waals surface area contributed by atoms with Crippen LogP contribution in [0.1, 0.15) is 39.1 Å². The Morgan fingerprint density at radius 1 is 0.702 bits per heavy atom. The van der Waals surface area contributed by atoms with Crippen molar-refractivity contribution in [3.05, 3.63) is 184 Å². The van der Waals surface area contributed by atoms with E-state index in [1.807, 2.05) is 121 Å². The number of H-pyrrole nitrogens is 1. The molecular weight excluding hydrogens is 728 g/mol. The van der Waals surface area contributed by atoms with Crippen LogP contribution in [0.4, 0.5) is 4.39 Å². The van der Waals surface area contributed by atoms with Crippen LogP contribution < -0.4 is 9.47 Å². The van der Waals surface area contributed by atoms with Gasteiger partial charge in [-0.25, -0.2) is 4.39 Å². The molecule has 7 rings (SSSR count). The third kappa shape index (κ3) is 10.3. The Kier molecular flexibility index (Phi) is 13.4. The SMILES string of the molecule is COc1ccc(Cc2c(O[C@]3(O)O[C@H](COCc4ccccc4)[C@@H](OCc4ccccc4)[C@H](OCc4ccccc4)[C@H]3OCc3ccccc3)n[nH]c2C)c(F)c1. The van der Waals surface area contributed by atoms with Crippen molar-refractivity contribution in [2.24, 2.45) is 0 Å². The lowest BCUT2D eigenvalue weighted by molar-refractivity contribution is -0.436. The minimum absolute atomic E-state index is 0.000132. The van der Waals surface area contributed by atoms with Gasteiger partial charge in [-0.15, -0.1) is 5.10 Å². The van der Waals surface area contributed by atoms with E-state index in [9.17, 15) is 5.11 Å². The largest absolute Gasteiger partial charge is 0.497 e. The summed E-state index contributed by atoms with van der Waals surface area (Å²) >= 11 is 0. The minimum atomic E-state index is -2.50. The van der Waals surface area contributed by atoms with Crippen LogP contribution in [0, 0.1) is 12.7 Å². The zero-order chi connectivity index (χ0) is 39.5. The Morgan fingerprint density at radius 2 is 1.23 bits per heavy atom. The van der Waals surface area contributed by atoms with Crippen LogP contribution >= 0.6 is 0 Å². The van der Waals surface area contributed by atoms with Gasteiger partial charge in [0, 0.05) is 23.7 Å². The van der Waals surface area contributed by atoms with E-state index in [0.29, 0.717) is 22.6 Å². The van der Waals surface area contributed by atoms with Gasteiger partial charge in [-0.3, -0.25) is 5.10 Å². The quantitative estimate of drug-likeness (QED) is 0.0844. The number of methoxy groups -OCH3 is 1. The number of rotatable bonds is 18. The van der Waals surface area contributed by atoms with E-state index in [4.69, 9.17) is 33.2 Å². The average molecular weight is 775 g/mol. The molecule has 1 saturated heterocycles. The number of ether oxygens (including phenoxy) is 7. The van der Waals surface area contributed by atoms with Crippen molar-refractivity contribution in [1.82, 2.24) is 10.2 Å². The maximum Gasteiger partial charge on any atom is 0.356 e. The summed E-state index contributed by atoms with van der Waals surface area (Å²) in [5.41, 5.74) is 5.16. The molecule has 0 amide bonds. The molecule has 6 aromatic rings. The zero-order valence-electron chi connectivity index (χ0n) is 32.0. The first-order chi connectivity index (χ1) is 27.9. The fourth-order valence-corrected chi connectivity index (χ4v) is 6.75. The molecule has 57 heavy (non-hydrogen) atoms. The van der Waals surface area contributed by atoms with Crippen molar-refractivity contribution in [2.75, 3.05) is 13.7 Å². The molecule has 5 aromatic carbocycles. The topological polar surface area (TPSA) is 114 Å². The Balaban J connectivity index is 1.26. The molecule has 0 spiro atoms. The summed E-state index contributed by atoms with van der Waals surface area (Å²) in [7, 11) is 1.48. The Morgan fingerprint density at radius 3 is 1.77 bits per heavy atom. The van der Waals surface area contributed by atoms with Gasteiger partial charge in [0.2, 0.25) is 5.88 Å². The third-order valence-corrected chi connectivity index (χ3v) is 9.81. The highest BCUT2D eigenvalue weighted by Crippen LogP contribution is 2.38. The molecule has 0 aliphatic carbocycles. The van der Waals surface area contributed by atoms with Gasteiger partial charge in [0.05, 0.1) is 40.1 Å². The van der Waals surface area contributed by atoms with Crippen molar-refractivity contribution >= 4 is 0 Å². The second-order valence-electron chi connectivity index (χ2n) is 13.9. The number of aromatic nitrogens is 2. The van der Waals surface area contributed by atoms with E-state index in [0.717, 1.165) is 22.3 Å². The second kappa shape index (κ2) is 19.2. The van der Waals surface area contributed by atoms with Crippen molar-refractivity contribution in [3.63, 3.8) is 0 Å². The molecule has 2 N–H and O–H groups in total. The predicted molar refractivity (Wildman–Crippen MR) is 211 cm³/mol. The summed E-state index contributed by atoms with van der Waals surface area (Å²) in [6, 6.07) is 43.5. The number of hydrogen-bond acceptors (Lipinski definition) is 9. The molecule has 11 heteroatoms. The highest BCUT2D eigenvalue weighted by molar-refractivity contribution is 5.38. The van der Waals surface area contributed by atoms with Gasteiger partial charge < -0.3 is 38.3 Å². The maximum absolute atomic E-state index is 15.3. The number of aryl methyl sites for hydroxylation is 1. The summed E-state index contributed by atoms with van der Waals surface area (Å²) < 4.78 is 59.9. The third-order valence-electron chi connectivity index (χ3n) is 9.81. The molecule has 296 valence electrons. The van der Waals surface area contributed by atoms with Crippen LogP contribution in [0.2, 0.25) is 0 Å². The average Bonchev–Trinajstić information content (AvgIpc) is 3.58. The minimum Gasteiger partial charge on any atom is -0.497 e. The number of hydrogen-bond donors (Lipinski definition) is 2. The molecule has 0 radical (unpaired) electrons. The lowest BCUT2D eigenvalue weighted by Crippen LogP contribution is -2.69. The zero-order valence-corrected chi connectivity index (χ0v) is 32.0. The normalized spacial score (nSPS) is 20.6. The summed E-state index contributed by atoms with van der Waals surface area (Å²) in [6.07, 6.45) is -3.91. The van der Waals surface area contributed by atoms with Gasteiger partial charge in [-0.05, 0) is 40.8 Å². The molecule has 0 unspecified atom stereocenters. The number of aromatic amines is 1. The van der Waals surface area contributed by atoms with Crippen LogP contribution in [0.15, 0.2) is 140 Å². The molecule has 0 saturated carbocycles. The van der Waals surface area contributed by atoms with E-state index >= 15 is 4.39 Å². The van der Waals surface area contributed by atoms with Crippen LogP contribution in [0.5, 0.6) is 11.6 Å².